The minimum Gasteiger partial charge on any atom is -0.463 e. The van der Waals surface area contributed by atoms with Crippen molar-refractivity contribution in [2.45, 2.75) is 155 Å². The van der Waals surface area contributed by atoms with Gasteiger partial charge in [0, 0.05) is 6.08 Å². The smallest absolute Gasteiger partial charge is 0.330 e. The summed E-state index contributed by atoms with van der Waals surface area (Å²) in [6.45, 7) is 4.77. The third-order valence-electron chi connectivity index (χ3n) is 6.28. The topological polar surface area (TPSA) is 26.3 Å². The van der Waals surface area contributed by atoms with Crippen molar-refractivity contribution in [3.05, 3.63) is 24.3 Å². The minimum absolute atomic E-state index is 0.230. The highest BCUT2D eigenvalue weighted by Gasteiger charge is 1.97. The van der Waals surface area contributed by atoms with E-state index in [1.165, 1.54) is 141 Å². The highest BCUT2D eigenvalue weighted by molar-refractivity contribution is 5.82. The molecular formula is C30H56O2. The van der Waals surface area contributed by atoms with Crippen LogP contribution in [0.25, 0.3) is 0 Å². The first-order valence-corrected chi connectivity index (χ1v) is 14.3. The van der Waals surface area contributed by atoms with Crippen molar-refractivity contribution in [2.75, 3.05) is 6.61 Å². The lowest BCUT2D eigenvalue weighted by Gasteiger charge is -2.04. The van der Waals surface area contributed by atoms with Gasteiger partial charge >= 0.3 is 5.97 Å². The second-order valence-electron chi connectivity index (χ2n) is 9.48. The lowest BCUT2D eigenvalue weighted by atomic mass is 10.0. The second kappa shape index (κ2) is 28.0. The number of carbonyl (C=O) groups excluding carboxylic acids is 1. The van der Waals surface area contributed by atoms with Crippen molar-refractivity contribution >= 4 is 5.97 Å². The molecule has 0 spiro atoms. The fourth-order valence-corrected chi connectivity index (χ4v) is 4.18. The van der Waals surface area contributed by atoms with Gasteiger partial charge in [-0.25, -0.2) is 4.79 Å². The lowest BCUT2D eigenvalue weighted by molar-refractivity contribution is -0.137. The van der Waals surface area contributed by atoms with E-state index in [4.69, 9.17) is 4.74 Å². The fourth-order valence-electron chi connectivity index (χ4n) is 4.18. The lowest BCUT2D eigenvalue weighted by Crippen LogP contribution is -2.02. The Kier molecular flexibility index (Phi) is 27.1. The molecule has 0 N–H and O–H groups in total. The van der Waals surface area contributed by atoms with Crippen LogP contribution >= 0.6 is 0 Å². The number of hydrogen-bond acceptors (Lipinski definition) is 2. The van der Waals surface area contributed by atoms with Crippen LogP contribution in [0.2, 0.25) is 0 Å². The van der Waals surface area contributed by atoms with E-state index in [1.54, 1.807) is 6.08 Å². The van der Waals surface area contributed by atoms with Gasteiger partial charge in [-0.05, 0) is 13.3 Å². The maximum absolute atomic E-state index is 11.4. The SMILES string of the molecule is C/C=C/C=C/C(=O)OCCCCCCCCCCCCCCCCCCCCCCCC. The Hall–Kier alpha value is -1.05. The van der Waals surface area contributed by atoms with Crippen LogP contribution < -0.4 is 0 Å². The second-order valence-corrected chi connectivity index (χ2v) is 9.48. The molecule has 0 unspecified atom stereocenters. The third-order valence-corrected chi connectivity index (χ3v) is 6.28. The van der Waals surface area contributed by atoms with Gasteiger partial charge in [-0.3, -0.25) is 0 Å². The van der Waals surface area contributed by atoms with Crippen molar-refractivity contribution in [3.8, 4) is 0 Å². The van der Waals surface area contributed by atoms with Crippen LogP contribution in [-0.4, -0.2) is 12.6 Å². The van der Waals surface area contributed by atoms with Gasteiger partial charge in [-0.15, -0.1) is 0 Å². The highest BCUT2D eigenvalue weighted by atomic mass is 16.5. The van der Waals surface area contributed by atoms with E-state index in [0.717, 1.165) is 6.42 Å². The monoisotopic (exact) mass is 448 g/mol. The van der Waals surface area contributed by atoms with E-state index in [9.17, 15) is 4.79 Å². The molecule has 2 heteroatoms. The molecule has 0 heterocycles. The zero-order valence-electron chi connectivity index (χ0n) is 21.9. The van der Waals surface area contributed by atoms with E-state index in [2.05, 4.69) is 6.92 Å². The quantitative estimate of drug-likeness (QED) is 0.0600. The van der Waals surface area contributed by atoms with E-state index < -0.39 is 0 Å². The maximum Gasteiger partial charge on any atom is 0.330 e. The van der Waals surface area contributed by atoms with Crippen LogP contribution in [0, 0.1) is 0 Å². The minimum atomic E-state index is -0.230. The molecule has 0 saturated heterocycles. The molecule has 188 valence electrons. The number of rotatable bonds is 25. The molecule has 0 aliphatic heterocycles. The van der Waals surface area contributed by atoms with Gasteiger partial charge in [0.05, 0.1) is 6.61 Å². The van der Waals surface area contributed by atoms with Crippen LogP contribution in [0.4, 0.5) is 0 Å². The Labute approximate surface area is 201 Å². The number of esters is 1. The van der Waals surface area contributed by atoms with E-state index in [1.807, 2.05) is 19.1 Å². The molecule has 0 radical (unpaired) electrons. The third kappa shape index (κ3) is 27.0. The largest absolute Gasteiger partial charge is 0.463 e. The molecule has 0 saturated carbocycles. The van der Waals surface area contributed by atoms with Gasteiger partial charge in [-0.2, -0.15) is 0 Å². The Morgan fingerprint density at radius 2 is 0.875 bits per heavy atom. The maximum atomic E-state index is 11.4. The molecule has 0 amide bonds. The molecule has 0 rings (SSSR count). The van der Waals surface area contributed by atoms with E-state index >= 15 is 0 Å². The van der Waals surface area contributed by atoms with Gasteiger partial charge in [0.15, 0.2) is 0 Å². The normalized spacial score (nSPS) is 11.7. The predicted molar refractivity (Wildman–Crippen MR) is 142 cm³/mol. The summed E-state index contributed by atoms with van der Waals surface area (Å²) in [4.78, 5) is 11.4. The summed E-state index contributed by atoms with van der Waals surface area (Å²) in [5.41, 5.74) is 0. The highest BCUT2D eigenvalue weighted by Crippen LogP contribution is 2.15. The number of ether oxygens (including phenoxy) is 1. The zero-order valence-corrected chi connectivity index (χ0v) is 21.9. The molecule has 0 fully saturated rings. The van der Waals surface area contributed by atoms with Crippen molar-refractivity contribution in [2.24, 2.45) is 0 Å². The average Bonchev–Trinajstić information content (AvgIpc) is 2.79. The van der Waals surface area contributed by atoms with Gasteiger partial charge in [-0.1, -0.05) is 160 Å². The Morgan fingerprint density at radius 3 is 1.22 bits per heavy atom. The van der Waals surface area contributed by atoms with Crippen molar-refractivity contribution < 1.29 is 9.53 Å². The van der Waals surface area contributed by atoms with Gasteiger partial charge in [0.2, 0.25) is 0 Å². The molecule has 2 nitrogen and oxygen atoms in total. The first-order valence-electron chi connectivity index (χ1n) is 14.3. The van der Waals surface area contributed by atoms with Crippen LogP contribution in [0.1, 0.15) is 155 Å². The van der Waals surface area contributed by atoms with Crippen molar-refractivity contribution in [1.82, 2.24) is 0 Å². The Balaban J connectivity index is 3.10. The van der Waals surface area contributed by atoms with Crippen molar-refractivity contribution in [1.29, 1.82) is 0 Å². The summed E-state index contributed by atoms with van der Waals surface area (Å²) in [6.07, 6.45) is 37.6. The molecule has 0 atom stereocenters. The molecule has 0 bridgehead atoms. The van der Waals surface area contributed by atoms with Crippen LogP contribution in [0.15, 0.2) is 24.3 Å². The summed E-state index contributed by atoms with van der Waals surface area (Å²) >= 11 is 0. The summed E-state index contributed by atoms with van der Waals surface area (Å²) < 4.78 is 5.17. The predicted octanol–water partition coefficient (Wildman–Crippen LogP) is 10.3. The average molecular weight is 449 g/mol. The first kappa shape index (κ1) is 30.9. The van der Waals surface area contributed by atoms with E-state index in [0.29, 0.717) is 6.61 Å². The number of carbonyl (C=O) groups is 1. The summed E-state index contributed by atoms with van der Waals surface area (Å²) in [7, 11) is 0. The van der Waals surface area contributed by atoms with Gasteiger partial charge in [0.25, 0.3) is 0 Å². The standard InChI is InChI=1S/C30H56O2/c1-3-5-7-8-9-10-11-12-13-14-15-16-17-18-19-20-21-22-23-24-25-27-29-32-30(31)28-26-6-4-2/h4,6,26,28H,3,5,7-25,27,29H2,1-2H3/b6-4+,28-26+. The molecule has 0 aliphatic rings. The molecule has 0 aromatic rings. The number of unbranched alkanes of at least 4 members (excludes halogenated alkanes) is 21. The van der Waals surface area contributed by atoms with Gasteiger partial charge < -0.3 is 4.74 Å². The Morgan fingerprint density at radius 1 is 0.531 bits per heavy atom. The molecule has 0 aliphatic carbocycles. The molecule has 0 aromatic carbocycles. The number of hydrogen-bond donors (Lipinski definition) is 0. The number of allylic oxidation sites excluding steroid dienone is 3. The summed E-state index contributed by atoms with van der Waals surface area (Å²) in [5.74, 6) is -0.230. The zero-order chi connectivity index (χ0) is 23.4. The summed E-state index contributed by atoms with van der Waals surface area (Å²) in [5, 5.41) is 0. The summed E-state index contributed by atoms with van der Waals surface area (Å²) in [6, 6.07) is 0. The van der Waals surface area contributed by atoms with E-state index in [-0.39, 0.29) is 5.97 Å². The molecule has 0 aromatic heterocycles. The Bertz CT molecular complexity index is 425. The molecule has 32 heavy (non-hydrogen) atoms. The van der Waals surface area contributed by atoms with Gasteiger partial charge in [0.1, 0.15) is 0 Å². The fraction of sp³-hybridized carbons (Fsp3) is 0.833. The molecular weight excluding hydrogens is 392 g/mol. The van der Waals surface area contributed by atoms with Crippen LogP contribution in [-0.2, 0) is 9.53 Å². The first-order chi connectivity index (χ1) is 15.8. The van der Waals surface area contributed by atoms with Crippen LogP contribution in [0.3, 0.4) is 0 Å². The van der Waals surface area contributed by atoms with Crippen LogP contribution in [0.5, 0.6) is 0 Å². The van der Waals surface area contributed by atoms with Crippen molar-refractivity contribution in [3.63, 3.8) is 0 Å².